The lowest BCUT2D eigenvalue weighted by atomic mass is 10.2. The van der Waals surface area contributed by atoms with Crippen LogP contribution in [0.5, 0.6) is 0 Å². The minimum atomic E-state index is -0.629. The highest BCUT2D eigenvalue weighted by atomic mass is 28.3. The zero-order valence-corrected chi connectivity index (χ0v) is 10.1. The van der Waals surface area contributed by atoms with Crippen molar-refractivity contribution in [2.24, 2.45) is 0 Å². The SMILES string of the molecule is C#Cc1ccc([SiH](C)C)cc1.CC. The van der Waals surface area contributed by atoms with E-state index in [0.717, 1.165) is 5.56 Å². The molecule has 1 heteroatoms. The molecule has 0 aliphatic heterocycles. The molecule has 0 aliphatic carbocycles. The highest BCUT2D eigenvalue weighted by Gasteiger charge is 1.97. The molecule has 0 radical (unpaired) electrons. The van der Waals surface area contributed by atoms with Crippen molar-refractivity contribution in [2.45, 2.75) is 26.9 Å². The summed E-state index contributed by atoms with van der Waals surface area (Å²) >= 11 is 0. The second-order valence-corrected chi connectivity index (χ2v) is 5.90. The van der Waals surface area contributed by atoms with Gasteiger partial charge in [-0.05, 0) is 12.1 Å². The second-order valence-electron chi connectivity index (χ2n) is 2.92. The van der Waals surface area contributed by atoms with Gasteiger partial charge in [-0.1, -0.05) is 50.2 Å². The van der Waals surface area contributed by atoms with Crippen molar-refractivity contribution < 1.29 is 0 Å². The van der Waals surface area contributed by atoms with Crippen molar-refractivity contribution in [1.29, 1.82) is 0 Å². The van der Waals surface area contributed by atoms with E-state index in [1.54, 1.807) is 0 Å². The molecular weight excluding hydrogens is 172 g/mol. The molecule has 1 aromatic rings. The minimum Gasteiger partial charge on any atom is -0.115 e. The zero-order valence-electron chi connectivity index (χ0n) is 8.96. The first kappa shape index (κ1) is 12.0. The van der Waals surface area contributed by atoms with Gasteiger partial charge >= 0.3 is 0 Å². The molecule has 0 unspecified atom stereocenters. The van der Waals surface area contributed by atoms with Gasteiger partial charge in [-0.15, -0.1) is 6.42 Å². The van der Waals surface area contributed by atoms with Crippen LogP contribution >= 0.6 is 0 Å². The van der Waals surface area contributed by atoms with Crippen molar-refractivity contribution in [3.63, 3.8) is 0 Å². The Labute approximate surface area is 83.6 Å². The van der Waals surface area contributed by atoms with Gasteiger partial charge in [0.05, 0.1) is 8.80 Å². The summed E-state index contributed by atoms with van der Waals surface area (Å²) in [6.07, 6.45) is 5.24. The van der Waals surface area contributed by atoms with Gasteiger partial charge in [-0.25, -0.2) is 0 Å². The Bertz CT molecular complexity index is 264. The molecule has 0 nitrogen and oxygen atoms in total. The molecule has 0 fully saturated rings. The topological polar surface area (TPSA) is 0 Å². The number of benzene rings is 1. The van der Waals surface area contributed by atoms with E-state index in [-0.39, 0.29) is 0 Å². The van der Waals surface area contributed by atoms with Crippen molar-refractivity contribution in [1.82, 2.24) is 0 Å². The number of rotatable bonds is 1. The highest BCUT2D eigenvalue weighted by Crippen LogP contribution is 1.94. The Morgan fingerprint density at radius 3 is 1.85 bits per heavy atom. The summed E-state index contributed by atoms with van der Waals surface area (Å²) in [6.45, 7) is 8.62. The van der Waals surface area contributed by atoms with E-state index in [1.165, 1.54) is 5.19 Å². The number of hydrogen-bond acceptors (Lipinski definition) is 0. The molecule has 0 bridgehead atoms. The normalized spacial score (nSPS) is 8.62. The molecule has 1 aromatic carbocycles. The summed E-state index contributed by atoms with van der Waals surface area (Å²) < 4.78 is 0. The fourth-order valence-corrected chi connectivity index (χ4v) is 1.93. The number of hydrogen-bond donors (Lipinski definition) is 0. The summed E-state index contributed by atoms with van der Waals surface area (Å²) in [5, 5.41) is 1.48. The molecule has 0 saturated heterocycles. The Hall–Kier alpha value is -1.00. The third-order valence-corrected chi connectivity index (χ3v) is 3.46. The molecule has 0 atom stereocenters. The van der Waals surface area contributed by atoms with Crippen molar-refractivity contribution in [3.8, 4) is 12.3 Å². The Kier molecular flexibility index (Phi) is 6.00. The standard InChI is InChI=1S/C10H12Si.C2H6/c1-4-9-5-7-10(8-6-9)11(2)3;1-2/h1,5-8,11H,2-3H3;1-2H3. The molecule has 0 aromatic heterocycles. The average molecular weight is 190 g/mol. The van der Waals surface area contributed by atoms with Gasteiger partial charge in [0, 0.05) is 5.56 Å². The van der Waals surface area contributed by atoms with Crippen LogP contribution in [-0.2, 0) is 0 Å². The van der Waals surface area contributed by atoms with Crippen LogP contribution in [0.4, 0.5) is 0 Å². The van der Waals surface area contributed by atoms with Crippen LogP contribution in [-0.4, -0.2) is 8.80 Å². The number of terminal acetylenes is 1. The van der Waals surface area contributed by atoms with E-state index >= 15 is 0 Å². The van der Waals surface area contributed by atoms with Crippen LogP contribution in [0.15, 0.2) is 24.3 Å². The molecule has 0 amide bonds. The lowest BCUT2D eigenvalue weighted by Gasteiger charge is -2.01. The molecule has 0 aliphatic rings. The molecule has 1 rings (SSSR count). The summed E-state index contributed by atoms with van der Waals surface area (Å²) in [6, 6.07) is 8.32. The maximum Gasteiger partial charge on any atom is 0.0647 e. The maximum atomic E-state index is 5.24. The van der Waals surface area contributed by atoms with Crippen LogP contribution in [0, 0.1) is 12.3 Å². The first-order chi connectivity index (χ1) is 6.24. The average Bonchev–Trinajstić information content (AvgIpc) is 2.21. The van der Waals surface area contributed by atoms with E-state index in [1.807, 2.05) is 26.0 Å². The van der Waals surface area contributed by atoms with Crippen LogP contribution < -0.4 is 5.19 Å². The predicted octanol–water partition coefficient (Wildman–Crippen LogP) is 2.39. The van der Waals surface area contributed by atoms with Gasteiger partial charge in [0.1, 0.15) is 0 Å². The lowest BCUT2D eigenvalue weighted by molar-refractivity contribution is 1.50. The van der Waals surface area contributed by atoms with Crippen LogP contribution in [0.2, 0.25) is 13.1 Å². The first-order valence-electron chi connectivity index (χ1n) is 4.80. The van der Waals surface area contributed by atoms with Gasteiger partial charge in [0.15, 0.2) is 0 Å². The molecular formula is C12H18Si. The second kappa shape index (κ2) is 6.51. The summed E-state index contributed by atoms with van der Waals surface area (Å²) in [4.78, 5) is 0. The monoisotopic (exact) mass is 190 g/mol. The third kappa shape index (κ3) is 3.96. The highest BCUT2D eigenvalue weighted by molar-refractivity contribution is 6.70. The predicted molar refractivity (Wildman–Crippen MR) is 64.2 cm³/mol. The van der Waals surface area contributed by atoms with Gasteiger partial charge in [-0.2, -0.15) is 0 Å². The van der Waals surface area contributed by atoms with E-state index in [9.17, 15) is 0 Å². The largest absolute Gasteiger partial charge is 0.115 e. The van der Waals surface area contributed by atoms with E-state index in [4.69, 9.17) is 6.42 Å². The molecule has 0 spiro atoms. The van der Waals surface area contributed by atoms with E-state index < -0.39 is 8.80 Å². The van der Waals surface area contributed by atoms with Gasteiger partial charge in [0.2, 0.25) is 0 Å². The molecule has 0 saturated carbocycles. The van der Waals surface area contributed by atoms with Crippen molar-refractivity contribution in [3.05, 3.63) is 29.8 Å². The smallest absolute Gasteiger partial charge is 0.0647 e. The van der Waals surface area contributed by atoms with Crippen molar-refractivity contribution >= 4 is 14.0 Å². The first-order valence-corrected chi connectivity index (χ1v) is 7.69. The van der Waals surface area contributed by atoms with E-state index in [0.29, 0.717) is 0 Å². The van der Waals surface area contributed by atoms with Crippen LogP contribution in [0.25, 0.3) is 0 Å². The molecule has 13 heavy (non-hydrogen) atoms. The van der Waals surface area contributed by atoms with Crippen LogP contribution in [0.3, 0.4) is 0 Å². The van der Waals surface area contributed by atoms with Crippen LogP contribution in [0.1, 0.15) is 19.4 Å². The molecule has 70 valence electrons. The van der Waals surface area contributed by atoms with Gasteiger partial charge < -0.3 is 0 Å². The van der Waals surface area contributed by atoms with E-state index in [2.05, 4.69) is 31.1 Å². The van der Waals surface area contributed by atoms with Gasteiger partial charge in [-0.3, -0.25) is 0 Å². The van der Waals surface area contributed by atoms with Gasteiger partial charge in [0.25, 0.3) is 0 Å². The Morgan fingerprint density at radius 1 is 1.08 bits per heavy atom. The summed E-state index contributed by atoms with van der Waals surface area (Å²) in [7, 11) is -0.629. The Balaban J connectivity index is 0.000000671. The molecule has 0 N–H and O–H groups in total. The summed E-state index contributed by atoms with van der Waals surface area (Å²) in [5.41, 5.74) is 0.975. The lowest BCUT2D eigenvalue weighted by Crippen LogP contribution is -2.21. The Morgan fingerprint density at radius 2 is 1.54 bits per heavy atom. The minimum absolute atomic E-state index is 0.629. The fourth-order valence-electron chi connectivity index (χ4n) is 0.964. The quantitative estimate of drug-likeness (QED) is 0.471. The third-order valence-electron chi connectivity index (χ3n) is 1.74. The van der Waals surface area contributed by atoms with Crippen molar-refractivity contribution in [2.75, 3.05) is 0 Å². The maximum absolute atomic E-state index is 5.24. The molecule has 0 heterocycles. The fraction of sp³-hybridized carbons (Fsp3) is 0.333. The zero-order chi connectivity index (χ0) is 10.3. The summed E-state index contributed by atoms with van der Waals surface area (Å²) in [5.74, 6) is 2.61.